The Morgan fingerprint density at radius 2 is 2.00 bits per heavy atom. The molecule has 14 heavy (non-hydrogen) atoms. The first-order valence-electron chi connectivity index (χ1n) is 4.69. The highest BCUT2D eigenvalue weighted by Crippen LogP contribution is 1.92. The van der Waals surface area contributed by atoms with Crippen LogP contribution in [0.25, 0.3) is 0 Å². The molecule has 84 valence electrons. The van der Waals surface area contributed by atoms with Crippen LogP contribution in [-0.4, -0.2) is 33.7 Å². The first kappa shape index (κ1) is 13.4. The van der Waals surface area contributed by atoms with E-state index in [1.807, 2.05) is 4.72 Å². The first-order valence-corrected chi connectivity index (χ1v) is 6.35. The lowest BCUT2D eigenvalue weighted by molar-refractivity contribution is -0.119. The highest BCUT2D eigenvalue weighted by molar-refractivity contribution is 7.90. The third-order valence-corrected chi connectivity index (χ3v) is 3.06. The van der Waals surface area contributed by atoms with Crippen LogP contribution in [0.5, 0.6) is 0 Å². The number of amides is 1. The molecule has 0 radical (unpaired) electrons. The average molecular weight is 222 g/mol. The third kappa shape index (κ3) is 6.85. The molecule has 1 amide bonds. The Kier molecular flexibility index (Phi) is 6.48. The second-order valence-electron chi connectivity index (χ2n) is 3.05. The molecule has 0 bridgehead atoms. The quantitative estimate of drug-likeness (QED) is 0.587. The maximum absolute atomic E-state index is 11.1. The van der Waals surface area contributed by atoms with Crippen LogP contribution in [0.15, 0.2) is 0 Å². The van der Waals surface area contributed by atoms with Crippen molar-refractivity contribution in [2.24, 2.45) is 0 Å². The maximum Gasteiger partial charge on any atom is 0.234 e. The molecule has 0 spiro atoms. The lowest BCUT2D eigenvalue weighted by Gasteiger charge is -2.04. The van der Waals surface area contributed by atoms with Crippen molar-refractivity contribution in [3.05, 3.63) is 0 Å². The smallest absolute Gasteiger partial charge is 0.234 e. The van der Waals surface area contributed by atoms with Gasteiger partial charge in [0.25, 0.3) is 0 Å². The maximum atomic E-state index is 11.1. The van der Waals surface area contributed by atoms with Gasteiger partial charge in [0.05, 0.1) is 5.75 Å². The van der Waals surface area contributed by atoms with Gasteiger partial charge in [0.15, 0.2) is 0 Å². The average Bonchev–Trinajstić information content (AvgIpc) is 2.03. The zero-order valence-corrected chi connectivity index (χ0v) is 9.49. The number of rotatable bonds is 7. The summed E-state index contributed by atoms with van der Waals surface area (Å²) in [7, 11) is -1.60. The van der Waals surface area contributed by atoms with E-state index in [1.54, 1.807) is 14.0 Å². The molecule has 0 atom stereocenters. The fraction of sp³-hybridized carbons (Fsp3) is 0.875. The molecule has 0 aromatic heterocycles. The molecule has 0 saturated carbocycles. The van der Waals surface area contributed by atoms with Crippen LogP contribution >= 0.6 is 0 Å². The lowest BCUT2D eigenvalue weighted by Crippen LogP contribution is -2.32. The van der Waals surface area contributed by atoms with Gasteiger partial charge >= 0.3 is 0 Å². The van der Waals surface area contributed by atoms with Crippen molar-refractivity contribution in [2.75, 3.05) is 19.3 Å². The van der Waals surface area contributed by atoms with Crippen LogP contribution in [0.4, 0.5) is 0 Å². The summed E-state index contributed by atoms with van der Waals surface area (Å²) in [5, 5.41) is 2.88. The summed E-state index contributed by atoms with van der Waals surface area (Å²) in [5.41, 5.74) is 0. The molecule has 0 heterocycles. The van der Waals surface area contributed by atoms with Crippen molar-refractivity contribution in [1.82, 2.24) is 10.0 Å². The Bertz CT molecular complexity index is 262. The van der Waals surface area contributed by atoms with Crippen LogP contribution in [0.1, 0.15) is 26.2 Å². The molecule has 0 aromatic rings. The van der Waals surface area contributed by atoms with Crippen molar-refractivity contribution < 1.29 is 13.2 Å². The van der Waals surface area contributed by atoms with E-state index in [-0.39, 0.29) is 12.2 Å². The molecular formula is C8H18N2O3S. The van der Waals surface area contributed by atoms with E-state index in [2.05, 4.69) is 5.32 Å². The van der Waals surface area contributed by atoms with Crippen molar-refractivity contribution in [3.8, 4) is 0 Å². The van der Waals surface area contributed by atoms with Crippen LogP contribution in [0, 0.1) is 0 Å². The second-order valence-corrected chi connectivity index (χ2v) is 4.89. The van der Waals surface area contributed by atoms with E-state index in [9.17, 15) is 13.2 Å². The molecule has 0 unspecified atom stereocenters. The van der Waals surface area contributed by atoms with Crippen LogP contribution in [0.3, 0.4) is 0 Å². The zero-order valence-electron chi connectivity index (χ0n) is 8.67. The fourth-order valence-corrected chi connectivity index (χ4v) is 2.06. The highest BCUT2D eigenvalue weighted by Gasteiger charge is 2.12. The van der Waals surface area contributed by atoms with E-state index in [0.717, 1.165) is 0 Å². The number of sulfonamides is 1. The molecule has 0 fully saturated rings. The third-order valence-electron chi connectivity index (χ3n) is 1.57. The zero-order chi connectivity index (χ0) is 11.0. The first-order chi connectivity index (χ1) is 6.52. The molecule has 0 aliphatic carbocycles. The Labute approximate surface area is 85.3 Å². The number of carbonyl (C=O) groups excluding carboxylic acids is 1. The van der Waals surface area contributed by atoms with Gasteiger partial charge in [-0.05, 0) is 26.4 Å². The van der Waals surface area contributed by atoms with Crippen molar-refractivity contribution in [1.29, 1.82) is 0 Å². The Balaban J connectivity index is 3.82. The highest BCUT2D eigenvalue weighted by atomic mass is 32.2. The molecule has 0 aliphatic rings. The topological polar surface area (TPSA) is 75.3 Å². The van der Waals surface area contributed by atoms with Gasteiger partial charge in [-0.3, -0.25) is 9.52 Å². The van der Waals surface area contributed by atoms with E-state index < -0.39 is 15.9 Å². The molecule has 6 heteroatoms. The lowest BCUT2D eigenvalue weighted by atomic mass is 10.3. The number of nitrogens with one attached hydrogen (secondary N) is 2. The predicted molar refractivity (Wildman–Crippen MR) is 55.4 cm³/mol. The summed E-state index contributed by atoms with van der Waals surface area (Å²) in [5.74, 6) is -0.418. The summed E-state index contributed by atoms with van der Waals surface area (Å²) in [6.07, 6.45) is 1.40. The minimum absolute atomic E-state index is 0.00473. The van der Waals surface area contributed by atoms with Gasteiger partial charge < -0.3 is 5.32 Å². The minimum Gasteiger partial charge on any atom is -0.320 e. The van der Waals surface area contributed by atoms with Gasteiger partial charge in [0.2, 0.25) is 15.9 Å². The Morgan fingerprint density at radius 3 is 2.50 bits per heavy atom. The largest absolute Gasteiger partial charge is 0.320 e. The Hall–Kier alpha value is -0.620. The van der Waals surface area contributed by atoms with Crippen molar-refractivity contribution in [2.45, 2.75) is 26.2 Å². The standard InChI is InChI=1S/C8H18N2O3S/c1-3-7-14(12,13)10-8(11)5-4-6-9-2/h9H,3-7H2,1-2H3,(H,10,11). The summed E-state index contributed by atoms with van der Waals surface area (Å²) in [6.45, 7) is 2.46. The van der Waals surface area contributed by atoms with Crippen molar-refractivity contribution in [3.63, 3.8) is 0 Å². The molecule has 0 rings (SSSR count). The molecule has 2 N–H and O–H groups in total. The minimum atomic E-state index is -3.39. The molecule has 0 aliphatic heterocycles. The monoisotopic (exact) mass is 222 g/mol. The van der Waals surface area contributed by atoms with Gasteiger partial charge in [0.1, 0.15) is 0 Å². The summed E-state index contributed by atoms with van der Waals surface area (Å²) < 4.78 is 24.3. The van der Waals surface area contributed by atoms with Gasteiger partial charge in [-0.2, -0.15) is 0 Å². The van der Waals surface area contributed by atoms with Crippen LogP contribution in [0.2, 0.25) is 0 Å². The predicted octanol–water partition coefficient (Wildman–Crippen LogP) is -0.158. The van der Waals surface area contributed by atoms with E-state index in [1.165, 1.54) is 0 Å². The SMILES string of the molecule is CCCS(=O)(=O)NC(=O)CCCNC. The Morgan fingerprint density at radius 1 is 1.36 bits per heavy atom. The van der Waals surface area contributed by atoms with Gasteiger partial charge in [0, 0.05) is 6.42 Å². The number of carbonyl (C=O) groups is 1. The van der Waals surface area contributed by atoms with E-state index in [4.69, 9.17) is 0 Å². The van der Waals surface area contributed by atoms with E-state index >= 15 is 0 Å². The van der Waals surface area contributed by atoms with Crippen molar-refractivity contribution >= 4 is 15.9 Å². The summed E-state index contributed by atoms with van der Waals surface area (Å²) >= 11 is 0. The number of hydrogen-bond acceptors (Lipinski definition) is 4. The van der Waals surface area contributed by atoms with Gasteiger partial charge in [-0.25, -0.2) is 8.42 Å². The van der Waals surface area contributed by atoms with Gasteiger partial charge in [-0.15, -0.1) is 0 Å². The van der Waals surface area contributed by atoms with Crippen LogP contribution < -0.4 is 10.0 Å². The summed E-state index contributed by atoms with van der Waals surface area (Å²) in [6, 6.07) is 0. The summed E-state index contributed by atoms with van der Waals surface area (Å²) in [4.78, 5) is 11.1. The second kappa shape index (κ2) is 6.78. The van der Waals surface area contributed by atoms with E-state index in [0.29, 0.717) is 19.4 Å². The molecule has 0 aromatic carbocycles. The molecular weight excluding hydrogens is 204 g/mol. The normalized spacial score (nSPS) is 11.3. The van der Waals surface area contributed by atoms with Crippen LogP contribution in [-0.2, 0) is 14.8 Å². The number of hydrogen-bond donors (Lipinski definition) is 2. The molecule has 0 saturated heterocycles. The molecule has 5 nitrogen and oxygen atoms in total. The fourth-order valence-electron chi connectivity index (χ4n) is 0.970. The van der Waals surface area contributed by atoms with Gasteiger partial charge in [-0.1, -0.05) is 6.92 Å².